The van der Waals surface area contributed by atoms with Crippen molar-refractivity contribution in [2.75, 3.05) is 11.1 Å². The predicted octanol–water partition coefficient (Wildman–Crippen LogP) is 3.20. The fourth-order valence-electron chi connectivity index (χ4n) is 4.28. The molecular formula is C24H27N5O8S3. The Morgan fingerprint density at radius 1 is 0.775 bits per heavy atom. The zero-order valence-electron chi connectivity index (χ0n) is 21.0. The molecule has 5 N–H and O–H groups in total. The number of hydrogen-bond donors (Lipinski definition) is 4. The molecule has 40 heavy (non-hydrogen) atoms. The number of anilines is 3. The Hall–Kier alpha value is -3.57. The summed E-state index contributed by atoms with van der Waals surface area (Å²) in [6.45, 7) is 0. The van der Waals surface area contributed by atoms with Gasteiger partial charge in [0, 0.05) is 17.8 Å². The van der Waals surface area contributed by atoms with E-state index >= 15 is 0 Å². The topological polar surface area (TPSA) is 208 Å². The number of nitro benzene ring substituents is 1. The maximum atomic E-state index is 13.0. The molecule has 1 fully saturated rings. The molecule has 0 radical (unpaired) electrons. The summed E-state index contributed by atoms with van der Waals surface area (Å²) in [5, 5.41) is 14.5. The molecule has 214 valence electrons. The standard InChI is InChI=1S/C24H27N5O8S3/c25-21-13-11-18(15-24(21)40(36,37)27-17-7-3-1-4-8-17)26-22-14-12-20(16-23(22)29(30)31)39(34,35)28-38(32,33)19-9-5-2-6-10-19/h2,5-6,9-17,26-28H,1,3-4,7-8,25H2. The molecule has 3 aromatic carbocycles. The molecule has 3 aromatic rings. The molecule has 0 spiro atoms. The average molecular weight is 610 g/mol. The van der Waals surface area contributed by atoms with Gasteiger partial charge in [-0.1, -0.05) is 37.5 Å². The van der Waals surface area contributed by atoms with Crippen molar-refractivity contribution >= 4 is 52.8 Å². The number of hydrogen-bond acceptors (Lipinski definition) is 10. The van der Waals surface area contributed by atoms with Crippen LogP contribution in [-0.2, 0) is 30.1 Å². The van der Waals surface area contributed by atoms with Gasteiger partial charge < -0.3 is 11.1 Å². The zero-order chi connectivity index (χ0) is 29.1. The molecule has 0 unspecified atom stereocenters. The van der Waals surface area contributed by atoms with Gasteiger partial charge in [0.2, 0.25) is 10.0 Å². The van der Waals surface area contributed by atoms with Gasteiger partial charge in [0.15, 0.2) is 0 Å². The van der Waals surface area contributed by atoms with Crippen LogP contribution in [0.2, 0.25) is 0 Å². The number of benzene rings is 3. The zero-order valence-corrected chi connectivity index (χ0v) is 23.4. The van der Waals surface area contributed by atoms with Crippen molar-refractivity contribution in [1.82, 2.24) is 8.85 Å². The van der Waals surface area contributed by atoms with Crippen LogP contribution in [0.4, 0.5) is 22.7 Å². The van der Waals surface area contributed by atoms with Gasteiger partial charge in [-0.05, 0) is 55.3 Å². The van der Waals surface area contributed by atoms with Crippen molar-refractivity contribution < 1.29 is 30.2 Å². The molecule has 4 rings (SSSR count). The van der Waals surface area contributed by atoms with Gasteiger partial charge in [-0.15, -0.1) is 4.13 Å². The second-order valence-corrected chi connectivity index (χ2v) is 14.5. The first-order valence-electron chi connectivity index (χ1n) is 12.1. The number of nitrogen functional groups attached to an aromatic ring is 1. The van der Waals surface area contributed by atoms with E-state index < -0.39 is 45.6 Å². The van der Waals surface area contributed by atoms with Gasteiger partial charge in [-0.3, -0.25) is 10.1 Å². The minimum atomic E-state index is -4.73. The largest absolute Gasteiger partial charge is 0.398 e. The molecule has 1 saturated carbocycles. The van der Waals surface area contributed by atoms with Gasteiger partial charge in [0.05, 0.1) is 20.4 Å². The van der Waals surface area contributed by atoms with Crippen LogP contribution in [0.25, 0.3) is 0 Å². The van der Waals surface area contributed by atoms with Crippen LogP contribution in [0, 0.1) is 10.1 Å². The molecule has 0 saturated heterocycles. The highest BCUT2D eigenvalue weighted by molar-refractivity contribution is 8.04. The molecule has 1 aliphatic rings. The van der Waals surface area contributed by atoms with E-state index in [2.05, 4.69) is 10.0 Å². The molecule has 0 amide bonds. The minimum Gasteiger partial charge on any atom is -0.398 e. The number of rotatable bonds is 10. The van der Waals surface area contributed by atoms with Gasteiger partial charge in [0.25, 0.3) is 25.7 Å². The maximum absolute atomic E-state index is 13.0. The summed E-state index contributed by atoms with van der Waals surface area (Å²) in [5.41, 5.74) is 5.20. The number of nitrogens with zero attached hydrogens (tertiary/aromatic N) is 1. The second kappa shape index (κ2) is 11.5. The SMILES string of the molecule is Nc1ccc(Nc2ccc(S(=O)(=O)NS(=O)(=O)c3ccccc3)cc2[N+](=O)[O-])cc1S(=O)(=O)NC1CCCCC1. The van der Waals surface area contributed by atoms with Crippen molar-refractivity contribution in [3.63, 3.8) is 0 Å². The lowest BCUT2D eigenvalue weighted by Crippen LogP contribution is -2.36. The van der Waals surface area contributed by atoms with Gasteiger partial charge in [-0.25, -0.2) is 30.0 Å². The van der Waals surface area contributed by atoms with Crippen molar-refractivity contribution in [2.45, 2.75) is 52.8 Å². The quantitative estimate of drug-likeness (QED) is 0.150. The molecule has 0 aliphatic heterocycles. The summed E-state index contributed by atoms with van der Waals surface area (Å²) >= 11 is 0. The minimum absolute atomic E-state index is 0.0181. The van der Waals surface area contributed by atoms with Crippen LogP contribution >= 0.6 is 0 Å². The second-order valence-electron chi connectivity index (χ2n) is 9.17. The molecule has 0 bridgehead atoms. The van der Waals surface area contributed by atoms with Crippen LogP contribution in [0.3, 0.4) is 0 Å². The molecular weight excluding hydrogens is 582 g/mol. The normalized spacial score (nSPS) is 15.0. The van der Waals surface area contributed by atoms with Crippen LogP contribution in [0.1, 0.15) is 32.1 Å². The van der Waals surface area contributed by atoms with Crippen molar-refractivity contribution in [1.29, 1.82) is 0 Å². The Labute approximate surface area is 232 Å². The Balaban J connectivity index is 1.61. The average Bonchev–Trinajstić information content (AvgIpc) is 2.90. The van der Waals surface area contributed by atoms with Crippen LogP contribution in [-0.4, -0.2) is 36.2 Å². The molecule has 16 heteroatoms. The Kier molecular flexibility index (Phi) is 8.46. The van der Waals surface area contributed by atoms with E-state index in [9.17, 15) is 35.4 Å². The Morgan fingerprint density at radius 3 is 2.08 bits per heavy atom. The summed E-state index contributed by atoms with van der Waals surface area (Å²) in [5.74, 6) is 0. The number of nitro groups is 1. The van der Waals surface area contributed by atoms with Crippen molar-refractivity contribution in [3.05, 3.63) is 76.8 Å². The van der Waals surface area contributed by atoms with Gasteiger partial charge in [0.1, 0.15) is 10.6 Å². The highest BCUT2D eigenvalue weighted by Gasteiger charge is 2.28. The third-order valence-electron chi connectivity index (χ3n) is 6.26. The fraction of sp³-hybridized carbons (Fsp3) is 0.250. The molecule has 13 nitrogen and oxygen atoms in total. The van der Waals surface area contributed by atoms with E-state index in [0.717, 1.165) is 31.4 Å². The van der Waals surface area contributed by atoms with Gasteiger partial charge >= 0.3 is 0 Å². The van der Waals surface area contributed by atoms with E-state index in [-0.39, 0.29) is 32.9 Å². The first-order valence-corrected chi connectivity index (χ1v) is 16.5. The highest BCUT2D eigenvalue weighted by Crippen LogP contribution is 2.32. The number of nitrogens with two attached hydrogens (primary N) is 1. The smallest absolute Gasteiger partial charge is 0.294 e. The van der Waals surface area contributed by atoms with E-state index in [1.165, 1.54) is 42.5 Å². The van der Waals surface area contributed by atoms with E-state index in [0.29, 0.717) is 18.9 Å². The molecule has 0 atom stereocenters. The van der Waals surface area contributed by atoms with E-state index in [1.54, 1.807) is 10.2 Å². The first-order chi connectivity index (χ1) is 18.8. The lowest BCUT2D eigenvalue weighted by Gasteiger charge is -2.23. The maximum Gasteiger partial charge on any atom is 0.294 e. The van der Waals surface area contributed by atoms with Crippen molar-refractivity contribution in [3.8, 4) is 0 Å². The molecule has 1 aliphatic carbocycles. The summed E-state index contributed by atoms with van der Waals surface area (Å²) in [6, 6.07) is 13.3. The Morgan fingerprint density at radius 2 is 1.43 bits per heavy atom. The van der Waals surface area contributed by atoms with Crippen molar-refractivity contribution in [2.24, 2.45) is 0 Å². The Bertz CT molecular complexity index is 1740. The number of nitrogens with one attached hydrogen (secondary N) is 3. The summed E-state index contributed by atoms with van der Waals surface area (Å²) in [6.07, 6.45) is 4.28. The lowest BCUT2D eigenvalue weighted by atomic mass is 9.96. The van der Waals surface area contributed by atoms with Crippen LogP contribution in [0.15, 0.2) is 81.4 Å². The van der Waals surface area contributed by atoms with Crippen LogP contribution < -0.4 is 19.9 Å². The predicted molar refractivity (Wildman–Crippen MR) is 148 cm³/mol. The van der Waals surface area contributed by atoms with E-state index in [1.807, 2.05) is 0 Å². The summed E-state index contributed by atoms with van der Waals surface area (Å²) < 4.78 is 80.9. The molecule has 0 aromatic heterocycles. The number of sulfonamides is 3. The van der Waals surface area contributed by atoms with Crippen LogP contribution in [0.5, 0.6) is 0 Å². The highest BCUT2D eigenvalue weighted by atomic mass is 32.3. The third kappa shape index (κ3) is 6.76. The fourth-order valence-corrected chi connectivity index (χ4v) is 8.70. The lowest BCUT2D eigenvalue weighted by molar-refractivity contribution is -0.384. The molecule has 0 heterocycles. The summed E-state index contributed by atoms with van der Waals surface area (Å²) in [4.78, 5) is 9.77. The summed E-state index contributed by atoms with van der Waals surface area (Å²) in [7, 11) is -13.2. The monoisotopic (exact) mass is 609 g/mol. The first kappa shape index (κ1) is 29.4. The third-order valence-corrected chi connectivity index (χ3v) is 11.4. The van der Waals surface area contributed by atoms with Gasteiger partial charge in [-0.2, -0.15) is 0 Å². The van der Waals surface area contributed by atoms with E-state index in [4.69, 9.17) is 5.73 Å².